The Labute approximate surface area is 93.5 Å². The molecule has 1 saturated carbocycles. The summed E-state index contributed by atoms with van der Waals surface area (Å²) in [5.41, 5.74) is 6.31. The van der Waals surface area contributed by atoms with Crippen LogP contribution in [0.5, 0.6) is 0 Å². The van der Waals surface area contributed by atoms with E-state index in [1.807, 2.05) is 0 Å². The van der Waals surface area contributed by atoms with E-state index in [0.717, 1.165) is 6.54 Å². The van der Waals surface area contributed by atoms with E-state index in [0.29, 0.717) is 11.4 Å². The second-order valence-electron chi connectivity index (χ2n) is 5.78. The Bertz CT molecular complexity index is 228. The maximum atomic E-state index is 5.84. The molecule has 3 nitrogen and oxygen atoms in total. The molecule has 0 aromatic carbocycles. The minimum Gasteiger partial charge on any atom is -0.370 e. The third-order valence-electron chi connectivity index (χ3n) is 3.25. The average Bonchev–Trinajstić information content (AvgIpc) is 1.99. The molecule has 0 unspecified atom stereocenters. The molecule has 0 aliphatic heterocycles. The van der Waals surface area contributed by atoms with Gasteiger partial charge in [0.25, 0.3) is 0 Å². The maximum Gasteiger partial charge on any atom is 0.189 e. The molecule has 1 rings (SSSR count). The van der Waals surface area contributed by atoms with Crippen molar-refractivity contribution in [2.24, 2.45) is 16.1 Å². The van der Waals surface area contributed by atoms with Crippen molar-refractivity contribution in [3.8, 4) is 0 Å². The Morgan fingerprint density at radius 3 is 2.33 bits per heavy atom. The normalized spacial score (nSPS) is 20.9. The highest BCUT2D eigenvalue weighted by Crippen LogP contribution is 2.43. The highest BCUT2D eigenvalue weighted by Gasteiger charge is 2.34. The lowest BCUT2D eigenvalue weighted by Crippen LogP contribution is -2.45. The molecule has 3 heteroatoms. The van der Waals surface area contributed by atoms with Gasteiger partial charge in [-0.1, -0.05) is 13.3 Å². The summed E-state index contributed by atoms with van der Waals surface area (Å²) in [7, 11) is 0. The Morgan fingerprint density at radius 1 is 1.40 bits per heavy atom. The number of guanidine groups is 1. The highest BCUT2D eigenvalue weighted by atomic mass is 15.1. The molecule has 0 atom stereocenters. The van der Waals surface area contributed by atoms with E-state index in [1.54, 1.807) is 0 Å². The lowest BCUT2D eigenvalue weighted by atomic mass is 9.67. The van der Waals surface area contributed by atoms with Crippen molar-refractivity contribution in [1.82, 2.24) is 5.32 Å². The minimum absolute atomic E-state index is 0.00652. The molecule has 0 spiro atoms. The van der Waals surface area contributed by atoms with Crippen LogP contribution in [0.1, 0.15) is 53.4 Å². The molecule has 15 heavy (non-hydrogen) atoms. The van der Waals surface area contributed by atoms with Gasteiger partial charge >= 0.3 is 0 Å². The van der Waals surface area contributed by atoms with Gasteiger partial charge in [0.1, 0.15) is 0 Å². The van der Waals surface area contributed by atoms with Gasteiger partial charge in [-0.2, -0.15) is 0 Å². The summed E-state index contributed by atoms with van der Waals surface area (Å²) in [6.45, 7) is 9.41. The summed E-state index contributed by atoms with van der Waals surface area (Å²) in [5.74, 6) is 0.585. The van der Waals surface area contributed by atoms with Crippen LogP contribution in [0.2, 0.25) is 0 Å². The van der Waals surface area contributed by atoms with Crippen LogP contribution < -0.4 is 11.1 Å². The largest absolute Gasteiger partial charge is 0.370 e. The van der Waals surface area contributed by atoms with Gasteiger partial charge in [0.2, 0.25) is 0 Å². The van der Waals surface area contributed by atoms with Crippen molar-refractivity contribution in [3.05, 3.63) is 0 Å². The van der Waals surface area contributed by atoms with Gasteiger partial charge in [-0.25, -0.2) is 0 Å². The number of hydrogen-bond acceptors (Lipinski definition) is 1. The Kier molecular flexibility index (Phi) is 3.63. The van der Waals surface area contributed by atoms with Crippen LogP contribution in [-0.2, 0) is 0 Å². The van der Waals surface area contributed by atoms with Crippen molar-refractivity contribution in [2.45, 2.75) is 58.9 Å². The fraction of sp³-hybridized carbons (Fsp3) is 0.917. The molecule has 0 saturated heterocycles. The third-order valence-corrected chi connectivity index (χ3v) is 3.25. The Balaban J connectivity index is 2.42. The van der Waals surface area contributed by atoms with Crippen LogP contribution in [-0.4, -0.2) is 18.0 Å². The predicted molar refractivity (Wildman–Crippen MR) is 66.0 cm³/mol. The summed E-state index contributed by atoms with van der Waals surface area (Å²) in [5, 5.41) is 3.19. The summed E-state index contributed by atoms with van der Waals surface area (Å²) in [4.78, 5) is 4.46. The van der Waals surface area contributed by atoms with Crippen LogP contribution in [0, 0.1) is 5.41 Å². The van der Waals surface area contributed by atoms with Crippen molar-refractivity contribution >= 4 is 5.96 Å². The minimum atomic E-state index is 0.00652. The first-order chi connectivity index (χ1) is 6.87. The van der Waals surface area contributed by atoms with Gasteiger partial charge in [-0.05, 0) is 45.4 Å². The average molecular weight is 211 g/mol. The summed E-state index contributed by atoms with van der Waals surface area (Å²) in [6.07, 6.45) is 5.21. The van der Waals surface area contributed by atoms with Gasteiger partial charge in [0.05, 0.1) is 0 Å². The molecule has 0 bridgehead atoms. The zero-order chi connectivity index (χ0) is 11.5. The Hall–Kier alpha value is -0.730. The number of nitrogens with zero attached hydrogens (tertiary/aromatic N) is 1. The molecule has 0 heterocycles. The predicted octanol–water partition coefficient (Wildman–Crippen LogP) is 2.27. The van der Waals surface area contributed by atoms with Crippen LogP contribution in [0.15, 0.2) is 4.99 Å². The van der Waals surface area contributed by atoms with Crippen molar-refractivity contribution in [2.75, 3.05) is 6.54 Å². The van der Waals surface area contributed by atoms with Crippen molar-refractivity contribution in [1.29, 1.82) is 0 Å². The lowest BCUT2D eigenvalue weighted by Gasteiger charge is -2.40. The van der Waals surface area contributed by atoms with Crippen molar-refractivity contribution in [3.63, 3.8) is 0 Å². The molecular weight excluding hydrogens is 186 g/mol. The second kappa shape index (κ2) is 4.42. The van der Waals surface area contributed by atoms with Crippen molar-refractivity contribution < 1.29 is 0 Å². The lowest BCUT2D eigenvalue weighted by molar-refractivity contribution is 0.139. The van der Waals surface area contributed by atoms with E-state index in [4.69, 9.17) is 5.73 Å². The van der Waals surface area contributed by atoms with Gasteiger partial charge in [-0.3, -0.25) is 4.99 Å². The van der Waals surface area contributed by atoms with Crippen LogP contribution in [0.3, 0.4) is 0 Å². The number of nitrogens with one attached hydrogen (secondary N) is 1. The monoisotopic (exact) mass is 211 g/mol. The quantitative estimate of drug-likeness (QED) is 0.556. The molecule has 0 aromatic heterocycles. The third kappa shape index (κ3) is 3.73. The van der Waals surface area contributed by atoms with E-state index >= 15 is 0 Å². The highest BCUT2D eigenvalue weighted by molar-refractivity contribution is 5.78. The molecular formula is C12H25N3. The second-order valence-corrected chi connectivity index (χ2v) is 5.78. The number of aliphatic imine (C=N–C) groups is 1. The van der Waals surface area contributed by atoms with Gasteiger partial charge in [-0.15, -0.1) is 0 Å². The number of rotatable bonds is 3. The van der Waals surface area contributed by atoms with E-state index in [1.165, 1.54) is 25.7 Å². The molecule has 1 aliphatic rings. The van der Waals surface area contributed by atoms with Crippen LogP contribution in [0.25, 0.3) is 0 Å². The summed E-state index contributed by atoms with van der Waals surface area (Å²) < 4.78 is 0. The summed E-state index contributed by atoms with van der Waals surface area (Å²) in [6, 6.07) is 0. The maximum absolute atomic E-state index is 5.84. The molecule has 3 N–H and O–H groups in total. The van der Waals surface area contributed by atoms with Gasteiger partial charge < -0.3 is 11.1 Å². The van der Waals surface area contributed by atoms with E-state index in [9.17, 15) is 0 Å². The van der Waals surface area contributed by atoms with E-state index < -0.39 is 0 Å². The molecule has 0 aromatic rings. The molecule has 0 radical (unpaired) electrons. The Morgan fingerprint density at radius 2 is 2.00 bits per heavy atom. The number of hydrogen-bond donors (Lipinski definition) is 2. The number of nitrogens with two attached hydrogens (primary N) is 1. The zero-order valence-electron chi connectivity index (χ0n) is 10.6. The van der Waals surface area contributed by atoms with Gasteiger partial charge in [0, 0.05) is 12.1 Å². The van der Waals surface area contributed by atoms with Crippen LogP contribution >= 0.6 is 0 Å². The molecule has 1 fully saturated rings. The van der Waals surface area contributed by atoms with E-state index in [2.05, 4.69) is 38.0 Å². The molecule has 88 valence electrons. The standard InChI is InChI=1S/C12H25N3/c1-5-12(7-6-8-12)9-14-10(13)15-11(2,3)4/h5-9H2,1-4H3,(H3,13,14,15). The topological polar surface area (TPSA) is 50.4 Å². The first-order valence-electron chi connectivity index (χ1n) is 5.95. The fourth-order valence-corrected chi connectivity index (χ4v) is 1.98. The summed E-state index contributed by atoms with van der Waals surface area (Å²) >= 11 is 0. The molecule has 1 aliphatic carbocycles. The fourth-order valence-electron chi connectivity index (χ4n) is 1.98. The van der Waals surface area contributed by atoms with Crippen LogP contribution in [0.4, 0.5) is 0 Å². The van der Waals surface area contributed by atoms with Gasteiger partial charge in [0.15, 0.2) is 5.96 Å². The smallest absolute Gasteiger partial charge is 0.189 e. The molecule has 0 amide bonds. The first kappa shape index (κ1) is 12.3. The first-order valence-corrected chi connectivity index (χ1v) is 5.95. The SMILES string of the molecule is CCC1(CN=C(N)NC(C)(C)C)CCC1. The zero-order valence-corrected chi connectivity index (χ0v) is 10.6. The van der Waals surface area contributed by atoms with E-state index in [-0.39, 0.29) is 5.54 Å².